The van der Waals surface area contributed by atoms with Crippen LogP contribution in [0.15, 0.2) is 53.1 Å². The van der Waals surface area contributed by atoms with Crippen LogP contribution in [-0.4, -0.2) is 30.6 Å². The maximum absolute atomic E-state index is 13.6. The van der Waals surface area contributed by atoms with Crippen LogP contribution in [0.4, 0.5) is 10.1 Å². The van der Waals surface area contributed by atoms with Gasteiger partial charge in [-0.15, -0.1) is 0 Å². The van der Waals surface area contributed by atoms with Crippen LogP contribution in [-0.2, 0) is 6.42 Å². The second-order valence-corrected chi connectivity index (χ2v) is 13.4. The highest BCUT2D eigenvalue weighted by Gasteiger charge is 2.27. The number of thiol groups is 1. The fourth-order valence-corrected chi connectivity index (χ4v) is 6.98. The minimum absolute atomic E-state index is 0.288. The molecule has 3 aromatic rings. The van der Waals surface area contributed by atoms with E-state index in [1.165, 1.54) is 100 Å². The molecule has 0 aliphatic carbocycles. The van der Waals surface area contributed by atoms with E-state index >= 15 is 0 Å². The molecule has 0 N–H and O–H groups in total. The van der Waals surface area contributed by atoms with Crippen molar-refractivity contribution in [1.29, 1.82) is 0 Å². The molecule has 4 rings (SSSR count). The molecule has 1 aromatic heterocycles. The zero-order chi connectivity index (χ0) is 31.7. The molecule has 0 radical (unpaired) electrons. The highest BCUT2D eigenvalue weighted by Crippen LogP contribution is 2.37. The number of benzene rings is 2. The smallest absolute Gasteiger partial charge is 0.170 e. The average molecular weight is 637 g/mol. The van der Waals surface area contributed by atoms with Crippen LogP contribution in [0.1, 0.15) is 127 Å². The molecule has 0 spiro atoms. The first-order valence-corrected chi connectivity index (χ1v) is 18.6. The largest absolute Gasteiger partial charge is 0.493 e. The Labute approximate surface area is 277 Å². The zero-order valence-corrected chi connectivity index (χ0v) is 28.8. The van der Waals surface area contributed by atoms with Gasteiger partial charge in [0.2, 0.25) is 0 Å². The van der Waals surface area contributed by atoms with E-state index in [1.807, 2.05) is 0 Å². The number of hydrogen-bond acceptors (Lipinski definition) is 5. The summed E-state index contributed by atoms with van der Waals surface area (Å²) in [4.78, 5) is 2.51. The molecule has 1 aliphatic rings. The molecule has 1 fully saturated rings. The quantitative estimate of drug-likeness (QED) is 0.0717. The fourth-order valence-electron chi connectivity index (χ4n) is 6.69. The monoisotopic (exact) mass is 636 g/mol. The van der Waals surface area contributed by atoms with Gasteiger partial charge in [0.15, 0.2) is 5.58 Å². The number of aromatic nitrogens is 1. The molecule has 0 amide bonds. The van der Waals surface area contributed by atoms with E-state index < -0.39 is 0 Å². The molecular formula is C39H57FN2O2S. The maximum Gasteiger partial charge on any atom is 0.170 e. The lowest BCUT2D eigenvalue weighted by molar-refractivity contribution is 0.250. The lowest BCUT2D eigenvalue weighted by atomic mass is 9.91. The predicted molar refractivity (Wildman–Crippen MR) is 192 cm³/mol. The molecule has 1 aliphatic heterocycles. The number of hydrogen-bond donors (Lipinski definition) is 1. The van der Waals surface area contributed by atoms with E-state index in [4.69, 9.17) is 9.26 Å². The van der Waals surface area contributed by atoms with Gasteiger partial charge in [-0.2, -0.15) is 12.6 Å². The highest BCUT2D eigenvalue weighted by molar-refractivity contribution is 7.80. The lowest BCUT2D eigenvalue weighted by Crippen LogP contribution is -2.33. The van der Waals surface area contributed by atoms with Crippen molar-refractivity contribution in [1.82, 2.24) is 5.16 Å². The summed E-state index contributed by atoms with van der Waals surface area (Å²) < 4.78 is 25.6. The van der Waals surface area contributed by atoms with E-state index in [9.17, 15) is 4.39 Å². The molecule has 45 heavy (non-hydrogen) atoms. The molecular weight excluding hydrogens is 580 g/mol. The van der Waals surface area contributed by atoms with Crippen LogP contribution in [0.3, 0.4) is 0 Å². The maximum atomic E-state index is 13.6. The van der Waals surface area contributed by atoms with E-state index in [0.717, 1.165) is 68.0 Å². The first-order valence-electron chi connectivity index (χ1n) is 17.9. The van der Waals surface area contributed by atoms with Gasteiger partial charge in [0.05, 0.1) is 12.3 Å². The lowest BCUT2D eigenvalue weighted by Gasteiger charge is -2.34. The Morgan fingerprint density at radius 3 is 2.42 bits per heavy atom. The van der Waals surface area contributed by atoms with Gasteiger partial charge in [-0.05, 0) is 81.4 Å². The summed E-state index contributed by atoms with van der Waals surface area (Å²) in [7, 11) is 0. The van der Waals surface area contributed by atoms with Crippen molar-refractivity contribution < 1.29 is 13.7 Å². The van der Waals surface area contributed by atoms with Gasteiger partial charge in [0.1, 0.15) is 11.6 Å². The molecule has 0 saturated carbocycles. The van der Waals surface area contributed by atoms with Crippen molar-refractivity contribution in [2.24, 2.45) is 5.92 Å². The van der Waals surface area contributed by atoms with Crippen molar-refractivity contribution >= 4 is 29.3 Å². The standard InChI is InChI=1S/C39H57FN2O2S/c1-3-5-6-7-8-9-10-11-12-13-14-15-16-19-31(30-45)29-43-37-21-17-20-36(34(37)18-4-2)42-26-24-32(25-27-42)39-35-23-22-33(40)28-38(35)44-41-39/h11-12,17,20-23,28,31-32,45H,3-10,13-16,18-19,24-27,29-30H2,1-2H3/b12-11-. The van der Waals surface area contributed by atoms with Gasteiger partial charge in [-0.1, -0.05) is 88.6 Å². The molecule has 248 valence electrons. The summed E-state index contributed by atoms with van der Waals surface area (Å²) in [6, 6.07) is 11.3. The number of piperidine rings is 1. The third-order valence-electron chi connectivity index (χ3n) is 9.40. The van der Waals surface area contributed by atoms with Gasteiger partial charge < -0.3 is 14.2 Å². The summed E-state index contributed by atoms with van der Waals surface area (Å²) in [5.74, 6) is 2.39. The van der Waals surface area contributed by atoms with Crippen LogP contribution in [0.5, 0.6) is 5.75 Å². The van der Waals surface area contributed by atoms with Crippen molar-refractivity contribution in [2.45, 2.75) is 122 Å². The third-order valence-corrected chi connectivity index (χ3v) is 9.92. The number of unbranched alkanes of at least 4 members (excludes halogenated alkanes) is 9. The minimum atomic E-state index is -0.288. The van der Waals surface area contributed by atoms with Crippen molar-refractivity contribution in [3.63, 3.8) is 0 Å². The Kier molecular flexibility index (Phi) is 15.7. The van der Waals surface area contributed by atoms with Gasteiger partial charge in [0.25, 0.3) is 0 Å². The molecule has 1 atom stereocenters. The average Bonchev–Trinajstić information content (AvgIpc) is 3.48. The van der Waals surface area contributed by atoms with E-state index in [1.54, 1.807) is 6.07 Å². The summed E-state index contributed by atoms with van der Waals surface area (Å²) >= 11 is 4.68. The van der Waals surface area contributed by atoms with E-state index in [-0.39, 0.29) is 5.82 Å². The number of halogens is 1. The number of allylic oxidation sites excluding steroid dienone is 2. The molecule has 1 saturated heterocycles. The summed E-state index contributed by atoms with van der Waals surface area (Å²) in [6.45, 7) is 7.15. The fraction of sp³-hybridized carbons (Fsp3) is 0.615. The number of rotatable bonds is 21. The van der Waals surface area contributed by atoms with Gasteiger partial charge in [-0.25, -0.2) is 4.39 Å². The van der Waals surface area contributed by atoms with Crippen molar-refractivity contribution in [2.75, 3.05) is 30.3 Å². The molecule has 4 nitrogen and oxygen atoms in total. The van der Waals surface area contributed by atoms with Crippen LogP contribution in [0, 0.1) is 11.7 Å². The van der Waals surface area contributed by atoms with Gasteiger partial charge in [0, 0.05) is 47.6 Å². The molecule has 6 heteroatoms. The Hall–Kier alpha value is -2.47. The predicted octanol–water partition coefficient (Wildman–Crippen LogP) is 11.5. The Morgan fingerprint density at radius 1 is 0.956 bits per heavy atom. The topological polar surface area (TPSA) is 38.5 Å². The molecule has 1 unspecified atom stereocenters. The molecule has 2 aromatic carbocycles. The Morgan fingerprint density at radius 2 is 1.69 bits per heavy atom. The first kappa shape index (κ1) is 35.4. The Balaban J connectivity index is 1.20. The normalized spacial score (nSPS) is 15.0. The summed E-state index contributed by atoms with van der Waals surface area (Å²) in [5, 5.41) is 5.27. The van der Waals surface area contributed by atoms with E-state index in [0.29, 0.717) is 17.4 Å². The molecule has 0 bridgehead atoms. The van der Waals surface area contributed by atoms with Crippen LogP contribution in [0.2, 0.25) is 0 Å². The second kappa shape index (κ2) is 19.9. The van der Waals surface area contributed by atoms with Gasteiger partial charge in [-0.3, -0.25) is 0 Å². The second-order valence-electron chi connectivity index (χ2n) is 13.0. The van der Waals surface area contributed by atoms with Crippen LogP contribution in [0.25, 0.3) is 11.0 Å². The number of fused-ring (bicyclic) bond motifs is 1. The van der Waals surface area contributed by atoms with Crippen molar-refractivity contribution in [3.05, 3.63) is 65.6 Å². The minimum Gasteiger partial charge on any atom is -0.493 e. The van der Waals surface area contributed by atoms with Crippen molar-refractivity contribution in [3.8, 4) is 5.75 Å². The first-order chi connectivity index (χ1) is 22.1. The van der Waals surface area contributed by atoms with Gasteiger partial charge >= 0.3 is 0 Å². The highest BCUT2D eigenvalue weighted by atomic mass is 32.1. The number of ether oxygens (including phenoxy) is 1. The Bertz CT molecular complexity index is 1280. The van der Waals surface area contributed by atoms with Crippen LogP contribution < -0.4 is 9.64 Å². The summed E-state index contributed by atoms with van der Waals surface area (Å²) in [5.41, 5.74) is 4.12. The zero-order valence-electron chi connectivity index (χ0n) is 28.0. The third kappa shape index (κ3) is 11.1. The number of nitrogens with zero attached hydrogens (tertiary/aromatic N) is 2. The SMILES string of the molecule is CCCCCCCC/C=C\CCCCCC(CS)COc1cccc(N2CCC(c3noc4cc(F)ccc34)CC2)c1CCC. The summed E-state index contributed by atoms with van der Waals surface area (Å²) in [6.07, 6.45) is 24.5. The van der Waals surface area contributed by atoms with E-state index in [2.05, 4.69) is 66.9 Å². The van der Waals surface area contributed by atoms with Crippen LogP contribution >= 0.6 is 12.6 Å². The number of anilines is 1. The molecule has 2 heterocycles.